The number of nitrogens with zero attached hydrogens (tertiary/aromatic N) is 2. The molecule has 0 unspecified atom stereocenters. The van der Waals surface area contributed by atoms with Gasteiger partial charge in [-0.15, -0.1) is 0 Å². The van der Waals surface area contributed by atoms with Gasteiger partial charge in [-0.1, -0.05) is 30.3 Å². The third-order valence-corrected chi connectivity index (χ3v) is 3.74. The fraction of sp³-hybridized carbons (Fsp3) is 0.167. The van der Waals surface area contributed by atoms with Crippen molar-refractivity contribution in [2.45, 2.75) is 20.4 Å². The van der Waals surface area contributed by atoms with Gasteiger partial charge in [-0.2, -0.15) is 0 Å². The summed E-state index contributed by atoms with van der Waals surface area (Å²) in [7, 11) is 0. The molecule has 3 rings (SSSR count). The molecule has 0 saturated carbocycles. The van der Waals surface area contributed by atoms with E-state index in [0.29, 0.717) is 12.1 Å². The fourth-order valence-electron chi connectivity index (χ4n) is 2.44. The number of aromatic amines is 1. The van der Waals surface area contributed by atoms with Crippen LogP contribution in [0.4, 0.5) is 0 Å². The van der Waals surface area contributed by atoms with Crippen LogP contribution >= 0.6 is 0 Å². The molecule has 0 aliphatic rings. The Balaban J connectivity index is 1.75. The molecule has 0 radical (unpaired) electrons. The number of amides is 1. The van der Waals surface area contributed by atoms with Crippen LogP contribution in [0.2, 0.25) is 0 Å². The number of rotatable bonds is 4. The summed E-state index contributed by atoms with van der Waals surface area (Å²) in [6.45, 7) is 4.14. The van der Waals surface area contributed by atoms with Gasteiger partial charge in [0.15, 0.2) is 0 Å². The SMILES string of the molecule is Cc1nccnc1CNC(=O)c1cc(-c2ccccc2)[nH]c1C. The van der Waals surface area contributed by atoms with Gasteiger partial charge in [-0.3, -0.25) is 14.8 Å². The summed E-state index contributed by atoms with van der Waals surface area (Å²) in [6.07, 6.45) is 3.27. The van der Waals surface area contributed by atoms with E-state index >= 15 is 0 Å². The second kappa shape index (κ2) is 6.44. The highest BCUT2D eigenvalue weighted by Crippen LogP contribution is 2.21. The molecule has 3 aromatic rings. The van der Waals surface area contributed by atoms with Crippen molar-refractivity contribution in [1.82, 2.24) is 20.3 Å². The van der Waals surface area contributed by atoms with E-state index in [1.807, 2.05) is 50.2 Å². The first-order valence-electron chi connectivity index (χ1n) is 7.45. The van der Waals surface area contributed by atoms with E-state index in [2.05, 4.69) is 20.3 Å². The van der Waals surface area contributed by atoms with E-state index in [1.54, 1.807) is 12.4 Å². The molecule has 2 aromatic heterocycles. The van der Waals surface area contributed by atoms with Gasteiger partial charge in [-0.05, 0) is 25.5 Å². The van der Waals surface area contributed by atoms with Crippen LogP contribution in [0.3, 0.4) is 0 Å². The Kier molecular flexibility index (Phi) is 4.19. The summed E-state index contributed by atoms with van der Waals surface area (Å²) in [6, 6.07) is 11.8. The molecule has 0 bridgehead atoms. The zero-order valence-electron chi connectivity index (χ0n) is 13.1. The molecule has 0 fully saturated rings. The summed E-state index contributed by atoms with van der Waals surface area (Å²) in [5.74, 6) is -0.119. The molecular weight excluding hydrogens is 288 g/mol. The lowest BCUT2D eigenvalue weighted by atomic mass is 10.1. The van der Waals surface area contributed by atoms with Crippen molar-refractivity contribution in [3.63, 3.8) is 0 Å². The minimum absolute atomic E-state index is 0.119. The summed E-state index contributed by atoms with van der Waals surface area (Å²) >= 11 is 0. The Morgan fingerprint density at radius 3 is 2.61 bits per heavy atom. The number of aryl methyl sites for hydroxylation is 2. The van der Waals surface area contributed by atoms with Gasteiger partial charge < -0.3 is 10.3 Å². The quantitative estimate of drug-likeness (QED) is 0.778. The van der Waals surface area contributed by atoms with E-state index in [4.69, 9.17) is 0 Å². The predicted molar refractivity (Wildman–Crippen MR) is 88.9 cm³/mol. The van der Waals surface area contributed by atoms with Crippen molar-refractivity contribution in [2.24, 2.45) is 0 Å². The molecule has 1 amide bonds. The molecule has 0 aliphatic heterocycles. The molecule has 23 heavy (non-hydrogen) atoms. The van der Waals surface area contributed by atoms with E-state index in [1.165, 1.54) is 0 Å². The summed E-state index contributed by atoms with van der Waals surface area (Å²) in [5, 5.41) is 2.90. The molecule has 2 heterocycles. The average Bonchev–Trinajstić information content (AvgIpc) is 2.97. The maximum Gasteiger partial charge on any atom is 0.253 e. The van der Waals surface area contributed by atoms with E-state index < -0.39 is 0 Å². The topological polar surface area (TPSA) is 70.7 Å². The number of hydrogen-bond acceptors (Lipinski definition) is 3. The first-order valence-corrected chi connectivity index (χ1v) is 7.45. The van der Waals surface area contributed by atoms with Gasteiger partial charge in [0, 0.05) is 23.8 Å². The Morgan fingerprint density at radius 2 is 1.87 bits per heavy atom. The number of carbonyl (C=O) groups is 1. The number of carbonyl (C=O) groups excluding carboxylic acids is 1. The standard InChI is InChI=1S/C18H18N4O/c1-12-15(10-16(22-12)14-6-4-3-5-7-14)18(23)21-11-17-13(2)19-8-9-20-17/h3-10,22H,11H2,1-2H3,(H,21,23). The first-order chi connectivity index (χ1) is 11.1. The van der Waals surface area contributed by atoms with Gasteiger partial charge >= 0.3 is 0 Å². The minimum Gasteiger partial charge on any atom is -0.358 e. The normalized spacial score (nSPS) is 10.5. The molecule has 5 heteroatoms. The van der Waals surface area contributed by atoms with Gasteiger partial charge in [0.2, 0.25) is 0 Å². The van der Waals surface area contributed by atoms with Gasteiger partial charge in [0.25, 0.3) is 5.91 Å². The monoisotopic (exact) mass is 306 g/mol. The third-order valence-electron chi connectivity index (χ3n) is 3.74. The fourth-order valence-corrected chi connectivity index (χ4v) is 2.44. The zero-order chi connectivity index (χ0) is 16.2. The molecule has 0 spiro atoms. The highest BCUT2D eigenvalue weighted by Gasteiger charge is 2.14. The summed E-state index contributed by atoms with van der Waals surface area (Å²) < 4.78 is 0. The molecule has 0 atom stereocenters. The van der Waals surface area contributed by atoms with Gasteiger partial charge in [0.1, 0.15) is 0 Å². The van der Waals surface area contributed by atoms with Crippen LogP contribution in [0.1, 0.15) is 27.4 Å². The van der Waals surface area contributed by atoms with Gasteiger partial charge in [-0.25, -0.2) is 0 Å². The maximum atomic E-state index is 12.4. The average molecular weight is 306 g/mol. The Bertz CT molecular complexity index is 824. The van der Waals surface area contributed by atoms with Gasteiger partial charge in [0.05, 0.1) is 23.5 Å². The van der Waals surface area contributed by atoms with E-state index in [-0.39, 0.29) is 5.91 Å². The second-order valence-corrected chi connectivity index (χ2v) is 5.36. The van der Waals surface area contributed by atoms with Crippen LogP contribution in [0.25, 0.3) is 11.3 Å². The number of aromatic nitrogens is 3. The van der Waals surface area contributed by atoms with Crippen molar-refractivity contribution in [3.05, 3.63) is 71.4 Å². The minimum atomic E-state index is -0.119. The molecule has 1 aromatic carbocycles. The maximum absolute atomic E-state index is 12.4. The number of H-pyrrole nitrogens is 1. The first kappa shape index (κ1) is 15.0. The lowest BCUT2D eigenvalue weighted by Gasteiger charge is -2.05. The van der Waals surface area contributed by atoms with Crippen LogP contribution < -0.4 is 5.32 Å². The second-order valence-electron chi connectivity index (χ2n) is 5.36. The van der Waals surface area contributed by atoms with Crippen LogP contribution in [0.5, 0.6) is 0 Å². The molecule has 116 valence electrons. The van der Waals surface area contributed by atoms with Crippen LogP contribution in [0.15, 0.2) is 48.8 Å². The Labute approximate surface area is 134 Å². The van der Waals surface area contributed by atoms with Crippen LogP contribution in [-0.2, 0) is 6.54 Å². The van der Waals surface area contributed by atoms with E-state index in [9.17, 15) is 4.79 Å². The smallest absolute Gasteiger partial charge is 0.253 e. The molecule has 0 aliphatic carbocycles. The lowest BCUT2D eigenvalue weighted by Crippen LogP contribution is -2.24. The lowest BCUT2D eigenvalue weighted by molar-refractivity contribution is 0.0950. The molecular formula is C18H18N4O. The molecule has 2 N–H and O–H groups in total. The van der Waals surface area contributed by atoms with Crippen molar-refractivity contribution < 1.29 is 4.79 Å². The predicted octanol–water partition coefficient (Wildman–Crippen LogP) is 3.02. The largest absolute Gasteiger partial charge is 0.358 e. The van der Waals surface area contributed by atoms with Crippen molar-refractivity contribution in [1.29, 1.82) is 0 Å². The third kappa shape index (κ3) is 3.29. The number of benzene rings is 1. The molecule has 5 nitrogen and oxygen atoms in total. The van der Waals surface area contributed by atoms with Crippen LogP contribution in [-0.4, -0.2) is 20.9 Å². The summed E-state index contributed by atoms with van der Waals surface area (Å²) in [5.41, 5.74) is 5.08. The van der Waals surface area contributed by atoms with Crippen molar-refractivity contribution in [3.8, 4) is 11.3 Å². The van der Waals surface area contributed by atoms with Crippen LogP contribution in [0, 0.1) is 13.8 Å². The summed E-state index contributed by atoms with van der Waals surface area (Å²) in [4.78, 5) is 24.1. The highest BCUT2D eigenvalue weighted by molar-refractivity contribution is 5.96. The highest BCUT2D eigenvalue weighted by atomic mass is 16.1. The van der Waals surface area contributed by atoms with Crippen molar-refractivity contribution >= 4 is 5.91 Å². The Morgan fingerprint density at radius 1 is 1.13 bits per heavy atom. The zero-order valence-corrected chi connectivity index (χ0v) is 13.1. The Hall–Kier alpha value is -2.95. The van der Waals surface area contributed by atoms with Crippen molar-refractivity contribution in [2.75, 3.05) is 0 Å². The number of nitrogens with one attached hydrogen (secondary N) is 2. The van der Waals surface area contributed by atoms with E-state index in [0.717, 1.165) is 28.3 Å². The number of hydrogen-bond donors (Lipinski definition) is 2. The molecule has 0 saturated heterocycles.